The molecule has 1 amide bonds. The molecule has 0 spiro atoms. The Bertz CT molecular complexity index is 1430. The van der Waals surface area contributed by atoms with Gasteiger partial charge in [0.15, 0.2) is 0 Å². The van der Waals surface area contributed by atoms with Crippen LogP contribution in [0.3, 0.4) is 0 Å². The molecule has 1 aliphatic carbocycles. The molecule has 8 atom stereocenters. The van der Waals surface area contributed by atoms with Crippen molar-refractivity contribution >= 4 is 40.5 Å². The van der Waals surface area contributed by atoms with E-state index in [1.165, 1.54) is 11.1 Å². The van der Waals surface area contributed by atoms with Gasteiger partial charge >= 0.3 is 0 Å². The third-order valence-corrected chi connectivity index (χ3v) is 11.9. The molecule has 2 heterocycles. The first kappa shape index (κ1) is 32.7. The smallest absolute Gasteiger partial charge is 0.263 e. The van der Waals surface area contributed by atoms with Gasteiger partial charge in [0.05, 0.1) is 23.1 Å². The minimum atomic E-state index is -1.61. The van der Waals surface area contributed by atoms with Crippen LogP contribution < -0.4 is 14.4 Å². The van der Waals surface area contributed by atoms with E-state index in [1.807, 2.05) is 50.3 Å². The predicted molar refractivity (Wildman–Crippen MR) is 177 cm³/mol. The van der Waals surface area contributed by atoms with Gasteiger partial charge in [-0.3, -0.25) is 9.52 Å². The van der Waals surface area contributed by atoms with Gasteiger partial charge in [-0.25, -0.2) is 4.21 Å². The zero-order valence-electron chi connectivity index (χ0n) is 26.1. The van der Waals surface area contributed by atoms with Crippen LogP contribution >= 0.6 is 11.6 Å². The Hall–Kier alpha value is -2.68. The molecule has 7 unspecified atom stereocenters. The summed E-state index contributed by atoms with van der Waals surface area (Å²) < 4.78 is 22.3. The summed E-state index contributed by atoms with van der Waals surface area (Å²) in [6.45, 7) is 9.54. The van der Waals surface area contributed by atoms with Gasteiger partial charge < -0.3 is 19.5 Å². The number of hydrogen-bond acceptors (Lipinski definition) is 6. The number of rotatable bonds is 5. The number of fused-ring (bicyclic) bond motifs is 2. The summed E-state index contributed by atoms with van der Waals surface area (Å²) in [5.74, 6) is -0.211. The Labute approximate surface area is 269 Å². The van der Waals surface area contributed by atoms with Crippen LogP contribution in [-0.2, 0) is 22.2 Å². The molecule has 5 rings (SSSR count). The van der Waals surface area contributed by atoms with E-state index in [4.69, 9.17) is 16.3 Å². The van der Waals surface area contributed by atoms with Crippen molar-refractivity contribution in [1.82, 2.24) is 4.72 Å². The number of allylic oxidation sites excluding steroid dienone is 1. The minimum absolute atomic E-state index is 0.0217. The number of anilines is 1. The SMILES string of the molecule is CCCc1cc(Cl)ccc1C1COc2ccc3cc2N(C1)CC1CCC1C(O)([C@H](C)C=O)/C=C/CC(C)C(C)S(=O)NC3=O. The highest BCUT2D eigenvalue weighted by Crippen LogP contribution is 2.48. The number of aliphatic hydroxyl groups is 1. The molecule has 0 saturated heterocycles. The molecular weight excluding hydrogens is 596 g/mol. The molecule has 7 nitrogen and oxygen atoms in total. The van der Waals surface area contributed by atoms with Crippen LogP contribution in [0.1, 0.15) is 80.8 Å². The quantitative estimate of drug-likeness (QED) is 0.297. The van der Waals surface area contributed by atoms with Gasteiger partial charge in [0, 0.05) is 35.5 Å². The highest BCUT2D eigenvalue weighted by Gasteiger charge is 2.49. The summed E-state index contributed by atoms with van der Waals surface area (Å²) >= 11 is 6.40. The lowest BCUT2D eigenvalue weighted by molar-refractivity contribution is -0.125. The van der Waals surface area contributed by atoms with Gasteiger partial charge in [-0.1, -0.05) is 57.0 Å². The average Bonchev–Trinajstić information content (AvgIpc) is 3.17. The Morgan fingerprint density at radius 1 is 1.20 bits per heavy atom. The predicted octanol–water partition coefficient (Wildman–Crippen LogP) is 6.25. The van der Waals surface area contributed by atoms with E-state index < -0.39 is 22.5 Å². The van der Waals surface area contributed by atoms with Crippen LogP contribution in [0.5, 0.6) is 5.75 Å². The van der Waals surface area contributed by atoms with Crippen LogP contribution in [0.4, 0.5) is 5.69 Å². The first-order valence-corrected chi connectivity index (χ1v) is 17.5. The fourth-order valence-electron chi connectivity index (χ4n) is 6.97. The van der Waals surface area contributed by atoms with Crippen molar-refractivity contribution in [1.29, 1.82) is 0 Å². The lowest BCUT2D eigenvalue weighted by atomic mass is 9.61. The summed E-state index contributed by atoms with van der Waals surface area (Å²) in [6, 6.07) is 11.5. The van der Waals surface area contributed by atoms with Crippen molar-refractivity contribution in [3.63, 3.8) is 0 Å². The molecule has 2 aliphatic heterocycles. The molecule has 238 valence electrons. The summed E-state index contributed by atoms with van der Waals surface area (Å²) in [5.41, 5.74) is 2.35. The molecular formula is C35H45ClN2O5S. The van der Waals surface area contributed by atoms with Crippen LogP contribution in [0.2, 0.25) is 5.02 Å². The first-order chi connectivity index (χ1) is 21.0. The van der Waals surface area contributed by atoms with Crippen LogP contribution in [-0.4, -0.2) is 52.1 Å². The molecule has 0 radical (unpaired) electrons. The number of carbonyl (C=O) groups is 2. The fourth-order valence-corrected chi connectivity index (χ4v) is 8.19. The van der Waals surface area contributed by atoms with E-state index in [9.17, 15) is 18.9 Å². The zero-order valence-corrected chi connectivity index (χ0v) is 27.7. The zero-order chi connectivity index (χ0) is 31.6. The van der Waals surface area contributed by atoms with Crippen LogP contribution in [0.15, 0.2) is 48.6 Å². The van der Waals surface area contributed by atoms with Gasteiger partial charge in [0.2, 0.25) is 0 Å². The Morgan fingerprint density at radius 2 is 2.00 bits per heavy atom. The van der Waals surface area contributed by atoms with Gasteiger partial charge in [-0.05, 0) is 91.8 Å². The van der Waals surface area contributed by atoms with E-state index in [2.05, 4.69) is 22.6 Å². The maximum atomic E-state index is 13.3. The average molecular weight is 641 g/mol. The second-order valence-corrected chi connectivity index (χ2v) is 15.0. The number of amides is 1. The minimum Gasteiger partial charge on any atom is -0.491 e. The number of hydrogen-bond donors (Lipinski definition) is 2. The van der Waals surface area contributed by atoms with Crippen molar-refractivity contribution in [2.75, 3.05) is 24.6 Å². The second-order valence-electron chi connectivity index (χ2n) is 13.0. The maximum absolute atomic E-state index is 13.3. The number of halogens is 1. The molecule has 3 aliphatic rings. The topological polar surface area (TPSA) is 95.9 Å². The Kier molecular flexibility index (Phi) is 10.2. The number of nitrogens with one attached hydrogen (secondary N) is 1. The lowest BCUT2D eigenvalue weighted by Crippen LogP contribution is -2.53. The van der Waals surface area contributed by atoms with E-state index in [0.29, 0.717) is 42.5 Å². The van der Waals surface area contributed by atoms with Crippen molar-refractivity contribution in [3.8, 4) is 5.75 Å². The van der Waals surface area contributed by atoms with Gasteiger partial charge in [0.1, 0.15) is 23.0 Å². The molecule has 2 aromatic rings. The monoisotopic (exact) mass is 640 g/mol. The number of ether oxygens (including phenoxy) is 1. The standard InChI is InChI=1S/C35H45ClN2O5S/c1-5-7-25-16-29(36)11-12-30(25)28-19-38-18-27-9-13-31(27)35(41,23(3)20-39)15-6-8-22(2)24(4)44(42)37-34(40)26-10-14-33(43-21-28)32(38)17-26/h6,10-12,14-17,20,22-24,27-28,31,41H,5,7-9,13,18-19,21H2,1-4H3,(H,37,40)/b15-6+/t22?,23-,24?,27?,28?,31?,35?,44?/m1/s1. The molecule has 9 heteroatoms. The van der Waals surface area contributed by atoms with E-state index in [1.54, 1.807) is 13.0 Å². The van der Waals surface area contributed by atoms with Gasteiger partial charge in [0.25, 0.3) is 5.91 Å². The third-order valence-electron chi connectivity index (χ3n) is 10.1. The molecule has 44 heavy (non-hydrogen) atoms. The van der Waals surface area contributed by atoms with Crippen molar-refractivity contribution in [2.45, 2.75) is 76.6 Å². The van der Waals surface area contributed by atoms with Crippen molar-refractivity contribution in [2.24, 2.45) is 23.7 Å². The van der Waals surface area contributed by atoms with E-state index in [-0.39, 0.29) is 34.8 Å². The number of carbonyl (C=O) groups excluding carboxylic acids is 2. The highest BCUT2D eigenvalue weighted by molar-refractivity contribution is 7.84. The van der Waals surface area contributed by atoms with E-state index in [0.717, 1.165) is 37.7 Å². The lowest BCUT2D eigenvalue weighted by Gasteiger charge is -2.49. The molecule has 2 bridgehead atoms. The Morgan fingerprint density at radius 3 is 2.70 bits per heavy atom. The summed E-state index contributed by atoms with van der Waals surface area (Å²) in [4.78, 5) is 27.7. The van der Waals surface area contributed by atoms with Crippen LogP contribution in [0, 0.1) is 23.7 Å². The van der Waals surface area contributed by atoms with Gasteiger partial charge in [-0.15, -0.1) is 0 Å². The van der Waals surface area contributed by atoms with Crippen molar-refractivity contribution < 1.29 is 23.6 Å². The number of aryl methyl sites for hydroxylation is 1. The molecule has 2 aromatic carbocycles. The van der Waals surface area contributed by atoms with Crippen LogP contribution in [0.25, 0.3) is 0 Å². The number of aldehydes is 1. The molecule has 1 saturated carbocycles. The third kappa shape index (κ3) is 6.63. The summed E-state index contributed by atoms with van der Waals surface area (Å²) in [7, 11) is -1.61. The number of benzene rings is 2. The first-order valence-electron chi connectivity index (χ1n) is 15.9. The largest absolute Gasteiger partial charge is 0.491 e. The summed E-state index contributed by atoms with van der Waals surface area (Å²) in [5, 5.41) is 12.5. The maximum Gasteiger partial charge on any atom is 0.263 e. The molecule has 1 fully saturated rings. The number of nitrogens with zero attached hydrogens (tertiary/aromatic N) is 1. The summed E-state index contributed by atoms with van der Waals surface area (Å²) in [6.07, 6.45) is 8.80. The molecule has 0 aromatic heterocycles. The second kappa shape index (κ2) is 13.8. The normalized spacial score (nSPS) is 32.2. The molecule has 2 N–H and O–H groups in total. The fraction of sp³-hybridized carbons (Fsp3) is 0.543. The Balaban J connectivity index is 1.58. The van der Waals surface area contributed by atoms with Gasteiger partial charge in [-0.2, -0.15) is 0 Å². The highest BCUT2D eigenvalue weighted by atomic mass is 35.5. The van der Waals surface area contributed by atoms with E-state index >= 15 is 0 Å². The van der Waals surface area contributed by atoms with Crippen molar-refractivity contribution in [3.05, 3.63) is 70.3 Å².